The molecule has 0 saturated carbocycles. The highest BCUT2D eigenvalue weighted by molar-refractivity contribution is 4.77. The number of hydrogen-bond acceptors (Lipinski definition) is 2. The summed E-state index contributed by atoms with van der Waals surface area (Å²) in [6.45, 7) is 0.588. The predicted molar refractivity (Wildman–Crippen MR) is 35.3 cm³/mol. The van der Waals surface area contributed by atoms with Crippen LogP contribution in [0, 0.1) is 0 Å². The maximum atomic E-state index is 11.6. The van der Waals surface area contributed by atoms with E-state index in [1.165, 1.54) is 0 Å². The number of nitrogens with one attached hydrogen (secondary N) is 2. The molecule has 5 heteroatoms. The fraction of sp³-hybridized carbons (Fsp3) is 1.00. The lowest BCUT2D eigenvalue weighted by atomic mass is 10.2. The van der Waals surface area contributed by atoms with Crippen LogP contribution in [0.2, 0.25) is 0 Å². The Bertz CT molecular complexity index is 117. The lowest BCUT2D eigenvalue weighted by Gasteiger charge is -2.12. The molecule has 0 aliphatic carbocycles. The second-order valence-corrected chi connectivity index (χ2v) is 2.69. The zero-order chi connectivity index (χ0) is 8.32. The summed E-state index contributed by atoms with van der Waals surface area (Å²) in [5.74, 6) is 0. The molecule has 0 aromatic heterocycles. The Balaban J connectivity index is 2.11. The second-order valence-electron chi connectivity index (χ2n) is 2.69. The molecule has 0 aromatic rings. The molecule has 1 heterocycles. The molecule has 0 spiro atoms. The molecule has 0 radical (unpaired) electrons. The Kier molecular flexibility index (Phi) is 2.72. The third-order valence-corrected chi connectivity index (χ3v) is 1.65. The minimum absolute atomic E-state index is 0.00313. The third kappa shape index (κ3) is 3.57. The van der Waals surface area contributed by atoms with Crippen LogP contribution in [0.4, 0.5) is 13.2 Å². The summed E-state index contributed by atoms with van der Waals surface area (Å²) in [5.41, 5.74) is 0. The Morgan fingerprint density at radius 3 is 2.64 bits per heavy atom. The van der Waals surface area contributed by atoms with Crippen molar-refractivity contribution in [1.82, 2.24) is 10.6 Å². The van der Waals surface area contributed by atoms with Crippen molar-refractivity contribution >= 4 is 0 Å². The van der Waals surface area contributed by atoms with Gasteiger partial charge < -0.3 is 10.6 Å². The lowest BCUT2D eigenvalue weighted by molar-refractivity contribution is -0.125. The van der Waals surface area contributed by atoms with E-state index in [0.717, 1.165) is 13.0 Å². The molecule has 0 amide bonds. The molecular formula is C6H11F3N2. The standard InChI is InChI=1S/C6H11F3N2/c7-6(8,9)4-11-5-1-2-10-3-5/h5,10-11H,1-4H2/t5-/m0/s1. The van der Waals surface area contributed by atoms with E-state index >= 15 is 0 Å². The van der Waals surface area contributed by atoms with Crippen molar-refractivity contribution in [3.05, 3.63) is 0 Å². The van der Waals surface area contributed by atoms with E-state index in [-0.39, 0.29) is 6.04 Å². The van der Waals surface area contributed by atoms with Crippen molar-refractivity contribution in [2.75, 3.05) is 19.6 Å². The van der Waals surface area contributed by atoms with Gasteiger partial charge in [0.15, 0.2) is 0 Å². The quantitative estimate of drug-likeness (QED) is 0.627. The minimum Gasteiger partial charge on any atom is -0.315 e. The summed E-state index contributed by atoms with van der Waals surface area (Å²) < 4.78 is 34.9. The zero-order valence-corrected chi connectivity index (χ0v) is 6.04. The Morgan fingerprint density at radius 2 is 2.18 bits per heavy atom. The van der Waals surface area contributed by atoms with E-state index in [9.17, 15) is 13.2 Å². The van der Waals surface area contributed by atoms with E-state index < -0.39 is 12.7 Å². The van der Waals surface area contributed by atoms with Crippen LogP contribution in [-0.4, -0.2) is 31.9 Å². The van der Waals surface area contributed by atoms with Gasteiger partial charge in [0.05, 0.1) is 6.54 Å². The Hall–Kier alpha value is -0.290. The summed E-state index contributed by atoms with van der Waals surface area (Å²) in [6.07, 6.45) is -3.29. The summed E-state index contributed by atoms with van der Waals surface area (Å²) in [5, 5.41) is 5.41. The summed E-state index contributed by atoms with van der Waals surface area (Å²) in [7, 11) is 0. The highest BCUT2D eigenvalue weighted by atomic mass is 19.4. The third-order valence-electron chi connectivity index (χ3n) is 1.65. The van der Waals surface area contributed by atoms with Gasteiger partial charge in [-0.25, -0.2) is 0 Å². The highest BCUT2D eigenvalue weighted by Gasteiger charge is 2.28. The van der Waals surface area contributed by atoms with Crippen molar-refractivity contribution in [3.63, 3.8) is 0 Å². The molecule has 1 rings (SSSR count). The van der Waals surface area contributed by atoms with Gasteiger partial charge >= 0.3 is 6.18 Å². The largest absolute Gasteiger partial charge is 0.401 e. The molecule has 11 heavy (non-hydrogen) atoms. The molecule has 0 aromatic carbocycles. The minimum atomic E-state index is -4.08. The number of alkyl halides is 3. The van der Waals surface area contributed by atoms with Crippen LogP contribution in [0.5, 0.6) is 0 Å². The van der Waals surface area contributed by atoms with E-state index in [2.05, 4.69) is 10.6 Å². The summed E-state index contributed by atoms with van der Waals surface area (Å²) in [4.78, 5) is 0. The van der Waals surface area contributed by atoms with Gasteiger partial charge in [0, 0.05) is 12.6 Å². The molecule has 0 unspecified atom stereocenters. The first-order valence-corrected chi connectivity index (χ1v) is 3.59. The highest BCUT2D eigenvalue weighted by Crippen LogP contribution is 2.13. The monoisotopic (exact) mass is 168 g/mol. The molecule has 2 nitrogen and oxygen atoms in total. The number of hydrogen-bond donors (Lipinski definition) is 2. The first-order chi connectivity index (χ1) is 5.08. The van der Waals surface area contributed by atoms with Crippen LogP contribution >= 0.6 is 0 Å². The van der Waals surface area contributed by atoms with Crippen molar-refractivity contribution in [3.8, 4) is 0 Å². The molecule has 1 aliphatic heterocycles. The van der Waals surface area contributed by atoms with Crippen molar-refractivity contribution < 1.29 is 13.2 Å². The van der Waals surface area contributed by atoms with Gasteiger partial charge in [0.1, 0.15) is 0 Å². The maximum Gasteiger partial charge on any atom is 0.401 e. The fourth-order valence-electron chi connectivity index (χ4n) is 1.09. The average Bonchev–Trinajstić information content (AvgIpc) is 2.32. The molecular weight excluding hydrogens is 157 g/mol. The van der Waals surface area contributed by atoms with E-state index in [1.54, 1.807) is 0 Å². The van der Waals surface area contributed by atoms with E-state index in [1.807, 2.05) is 0 Å². The summed E-state index contributed by atoms with van der Waals surface area (Å²) in [6, 6.07) is -0.00313. The normalized spacial score (nSPS) is 25.9. The first kappa shape index (κ1) is 8.80. The SMILES string of the molecule is FC(F)(F)CN[C@H]1CCNC1. The van der Waals surface area contributed by atoms with Gasteiger partial charge in [0.2, 0.25) is 0 Å². The smallest absolute Gasteiger partial charge is 0.315 e. The van der Waals surface area contributed by atoms with Crippen LogP contribution in [0.15, 0.2) is 0 Å². The maximum absolute atomic E-state index is 11.6. The van der Waals surface area contributed by atoms with Crippen molar-refractivity contribution in [2.45, 2.75) is 18.6 Å². The van der Waals surface area contributed by atoms with Crippen LogP contribution in [0.3, 0.4) is 0 Å². The van der Waals surface area contributed by atoms with Crippen LogP contribution in [0.25, 0.3) is 0 Å². The average molecular weight is 168 g/mol. The van der Waals surface area contributed by atoms with Gasteiger partial charge in [-0.05, 0) is 13.0 Å². The van der Waals surface area contributed by atoms with Crippen LogP contribution < -0.4 is 10.6 Å². The zero-order valence-electron chi connectivity index (χ0n) is 6.04. The van der Waals surface area contributed by atoms with Gasteiger partial charge in [-0.1, -0.05) is 0 Å². The van der Waals surface area contributed by atoms with Crippen LogP contribution in [-0.2, 0) is 0 Å². The predicted octanol–water partition coefficient (Wildman–Crippen LogP) is 0.500. The second kappa shape index (κ2) is 3.40. The number of halogens is 3. The molecule has 1 atom stereocenters. The van der Waals surface area contributed by atoms with Gasteiger partial charge in [-0.2, -0.15) is 13.2 Å². The van der Waals surface area contributed by atoms with Gasteiger partial charge in [-0.3, -0.25) is 0 Å². The molecule has 66 valence electrons. The Labute approximate surface area is 63.2 Å². The van der Waals surface area contributed by atoms with E-state index in [4.69, 9.17) is 0 Å². The molecule has 1 aliphatic rings. The molecule has 2 N–H and O–H groups in total. The fourth-order valence-corrected chi connectivity index (χ4v) is 1.09. The van der Waals surface area contributed by atoms with Gasteiger partial charge in [-0.15, -0.1) is 0 Å². The first-order valence-electron chi connectivity index (χ1n) is 3.59. The topological polar surface area (TPSA) is 24.1 Å². The van der Waals surface area contributed by atoms with Crippen molar-refractivity contribution in [2.24, 2.45) is 0 Å². The molecule has 0 bridgehead atoms. The van der Waals surface area contributed by atoms with Crippen molar-refractivity contribution in [1.29, 1.82) is 0 Å². The van der Waals surface area contributed by atoms with Crippen LogP contribution in [0.1, 0.15) is 6.42 Å². The van der Waals surface area contributed by atoms with E-state index in [0.29, 0.717) is 6.54 Å². The summed E-state index contributed by atoms with van der Waals surface area (Å²) >= 11 is 0. The lowest BCUT2D eigenvalue weighted by Crippen LogP contribution is -2.38. The molecule has 1 fully saturated rings. The van der Waals surface area contributed by atoms with Gasteiger partial charge in [0.25, 0.3) is 0 Å². The molecule has 1 saturated heterocycles. The number of rotatable bonds is 2. The Morgan fingerprint density at radius 1 is 1.45 bits per heavy atom.